The van der Waals surface area contributed by atoms with E-state index in [4.69, 9.17) is 5.11 Å². The molecule has 0 aromatic heterocycles. The molecule has 0 aromatic carbocycles. The van der Waals surface area contributed by atoms with Gasteiger partial charge in [-0.3, -0.25) is 4.79 Å². The van der Waals surface area contributed by atoms with Gasteiger partial charge in [0.05, 0.1) is 5.41 Å². The normalized spacial score (nSPS) is 17.7. The largest absolute Gasteiger partial charge is 0.481 e. The van der Waals surface area contributed by atoms with Gasteiger partial charge < -0.3 is 15.7 Å². The molecule has 1 aliphatic rings. The number of carboxylic acids is 1. The molecule has 0 aromatic rings. The molecule has 1 saturated carbocycles. The summed E-state index contributed by atoms with van der Waals surface area (Å²) < 4.78 is 0. The molecule has 5 nitrogen and oxygen atoms in total. The van der Waals surface area contributed by atoms with Crippen LogP contribution in [0, 0.1) is 5.41 Å². The summed E-state index contributed by atoms with van der Waals surface area (Å²) in [4.78, 5) is 22.2. The molecule has 5 heteroatoms. The van der Waals surface area contributed by atoms with Gasteiger partial charge >= 0.3 is 12.0 Å². The van der Waals surface area contributed by atoms with E-state index in [0.717, 1.165) is 12.8 Å². The second kappa shape index (κ2) is 5.00. The van der Waals surface area contributed by atoms with E-state index in [9.17, 15) is 9.59 Å². The molecule has 0 radical (unpaired) electrons. The zero-order chi connectivity index (χ0) is 11.3. The van der Waals surface area contributed by atoms with Gasteiger partial charge in [-0.15, -0.1) is 0 Å². The maximum Gasteiger partial charge on any atom is 0.314 e. The average Bonchev–Trinajstić information content (AvgIpc) is 2.12. The van der Waals surface area contributed by atoms with E-state index in [1.807, 2.05) is 6.92 Å². The van der Waals surface area contributed by atoms with Gasteiger partial charge in [0, 0.05) is 13.1 Å². The van der Waals surface area contributed by atoms with E-state index in [2.05, 4.69) is 10.6 Å². The van der Waals surface area contributed by atoms with Gasteiger partial charge in [-0.25, -0.2) is 4.79 Å². The third-order valence-electron chi connectivity index (χ3n) is 2.89. The molecule has 86 valence electrons. The number of hydrogen-bond donors (Lipinski definition) is 3. The van der Waals surface area contributed by atoms with Crippen molar-refractivity contribution < 1.29 is 14.7 Å². The third-order valence-corrected chi connectivity index (χ3v) is 2.89. The predicted octanol–water partition coefficient (Wildman–Crippen LogP) is 0.950. The summed E-state index contributed by atoms with van der Waals surface area (Å²) in [5, 5.41) is 14.3. The van der Waals surface area contributed by atoms with Gasteiger partial charge in [0.2, 0.25) is 0 Å². The molecular formula is C10H18N2O3. The van der Waals surface area contributed by atoms with E-state index in [1.165, 1.54) is 0 Å². The minimum atomic E-state index is -0.801. The summed E-state index contributed by atoms with van der Waals surface area (Å²) in [6.45, 7) is 2.81. The van der Waals surface area contributed by atoms with Gasteiger partial charge in [-0.1, -0.05) is 13.3 Å². The molecule has 1 rings (SSSR count). The van der Waals surface area contributed by atoms with Crippen LogP contribution < -0.4 is 10.6 Å². The zero-order valence-electron chi connectivity index (χ0n) is 9.01. The Morgan fingerprint density at radius 3 is 2.40 bits per heavy atom. The minimum Gasteiger partial charge on any atom is -0.481 e. The number of rotatable bonds is 5. The first-order chi connectivity index (χ1) is 7.10. The lowest BCUT2D eigenvalue weighted by Crippen LogP contribution is -2.49. The molecule has 1 fully saturated rings. The molecule has 2 amide bonds. The van der Waals surface area contributed by atoms with Crippen molar-refractivity contribution in [1.82, 2.24) is 10.6 Å². The Morgan fingerprint density at radius 2 is 2.00 bits per heavy atom. The number of carboxylic acid groups (broad SMARTS) is 1. The Hall–Kier alpha value is -1.26. The predicted molar refractivity (Wildman–Crippen MR) is 55.6 cm³/mol. The smallest absolute Gasteiger partial charge is 0.314 e. The molecule has 0 atom stereocenters. The van der Waals surface area contributed by atoms with Crippen LogP contribution in [0.15, 0.2) is 0 Å². The lowest BCUT2D eigenvalue weighted by Gasteiger charge is -2.37. The topological polar surface area (TPSA) is 78.4 Å². The van der Waals surface area contributed by atoms with Crippen molar-refractivity contribution in [2.45, 2.75) is 32.6 Å². The monoisotopic (exact) mass is 214 g/mol. The maximum absolute atomic E-state index is 11.2. The first-order valence-electron chi connectivity index (χ1n) is 5.36. The third kappa shape index (κ3) is 2.84. The minimum absolute atomic E-state index is 0.234. The number of carbonyl (C=O) groups is 2. The molecule has 0 saturated heterocycles. The molecule has 15 heavy (non-hydrogen) atoms. The van der Waals surface area contributed by atoms with Crippen molar-refractivity contribution in [2.75, 3.05) is 13.1 Å². The van der Waals surface area contributed by atoms with Crippen LogP contribution in [0.5, 0.6) is 0 Å². The van der Waals surface area contributed by atoms with Gasteiger partial charge in [0.1, 0.15) is 0 Å². The Kier molecular flexibility index (Phi) is 3.94. The van der Waals surface area contributed by atoms with Gasteiger partial charge in [0.15, 0.2) is 0 Å². The van der Waals surface area contributed by atoms with Crippen LogP contribution in [0.2, 0.25) is 0 Å². The van der Waals surface area contributed by atoms with Crippen molar-refractivity contribution in [1.29, 1.82) is 0 Å². The fourth-order valence-corrected chi connectivity index (χ4v) is 1.62. The Morgan fingerprint density at radius 1 is 1.33 bits per heavy atom. The van der Waals surface area contributed by atoms with Crippen LogP contribution >= 0.6 is 0 Å². The molecule has 0 bridgehead atoms. The van der Waals surface area contributed by atoms with Crippen LogP contribution in [0.1, 0.15) is 32.6 Å². The van der Waals surface area contributed by atoms with Crippen LogP contribution in [0.25, 0.3) is 0 Å². The molecule has 3 N–H and O–H groups in total. The molecule has 0 unspecified atom stereocenters. The van der Waals surface area contributed by atoms with E-state index >= 15 is 0 Å². The maximum atomic E-state index is 11.2. The Balaban J connectivity index is 2.29. The standard InChI is InChI=1S/C10H18N2O3/c1-2-6-11-9(15)12-7-10(8(13)14)4-3-5-10/h2-7H2,1H3,(H,13,14)(H2,11,12,15). The molecule has 0 spiro atoms. The second-order valence-electron chi connectivity index (χ2n) is 4.05. The summed E-state index contributed by atoms with van der Waals surface area (Å²) in [6.07, 6.45) is 3.13. The Labute approximate surface area is 89.2 Å². The second-order valence-corrected chi connectivity index (χ2v) is 4.05. The first kappa shape index (κ1) is 11.8. The summed E-state index contributed by atoms with van der Waals surface area (Å²) in [5.74, 6) is -0.801. The lowest BCUT2D eigenvalue weighted by atomic mass is 9.69. The fraction of sp³-hybridized carbons (Fsp3) is 0.800. The Bertz CT molecular complexity index is 249. The fourth-order valence-electron chi connectivity index (χ4n) is 1.62. The summed E-state index contributed by atoms with van der Waals surface area (Å²) >= 11 is 0. The van der Waals surface area contributed by atoms with Crippen molar-refractivity contribution in [3.8, 4) is 0 Å². The van der Waals surface area contributed by atoms with Gasteiger partial charge in [-0.2, -0.15) is 0 Å². The van der Waals surface area contributed by atoms with Gasteiger partial charge in [0.25, 0.3) is 0 Å². The van der Waals surface area contributed by atoms with Crippen molar-refractivity contribution in [3.05, 3.63) is 0 Å². The highest BCUT2D eigenvalue weighted by Crippen LogP contribution is 2.40. The molecule has 0 aliphatic heterocycles. The first-order valence-corrected chi connectivity index (χ1v) is 5.36. The van der Waals surface area contributed by atoms with Crippen LogP contribution in [-0.4, -0.2) is 30.2 Å². The zero-order valence-corrected chi connectivity index (χ0v) is 9.01. The van der Waals surface area contributed by atoms with Crippen LogP contribution in [0.3, 0.4) is 0 Å². The van der Waals surface area contributed by atoms with Crippen molar-refractivity contribution in [2.24, 2.45) is 5.41 Å². The SMILES string of the molecule is CCCNC(=O)NCC1(C(=O)O)CCC1. The number of carbonyl (C=O) groups excluding carboxylic acids is 1. The molecule has 1 aliphatic carbocycles. The highest BCUT2D eigenvalue weighted by atomic mass is 16.4. The van der Waals surface area contributed by atoms with E-state index in [1.54, 1.807) is 0 Å². The number of aliphatic carboxylic acids is 1. The van der Waals surface area contributed by atoms with Crippen molar-refractivity contribution >= 4 is 12.0 Å². The molecule has 0 heterocycles. The van der Waals surface area contributed by atoms with E-state index < -0.39 is 11.4 Å². The van der Waals surface area contributed by atoms with E-state index in [-0.39, 0.29) is 12.6 Å². The number of amides is 2. The number of nitrogens with one attached hydrogen (secondary N) is 2. The highest BCUT2D eigenvalue weighted by molar-refractivity contribution is 5.78. The number of hydrogen-bond acceptors (Lipinski definition) is 2. The lowest BCUT2D eigenvalue weighted by molar-refractivity contribution is -0.153. The van der Waals surface area contributed by atoms with E-state index in [0.29, 0.717) is 19.4 Å². The average molecular weight is 214 g/mol. The van der Waals surface area contributed by atoms with Gasteiger partial charge in [-0.05, 0) is 19.3 Å². The summed E-state index contributed by atoms with van der Waals surface area (Å²) in [6, 6.07) is -0.274. The molecular weight excluding hydrogens is 196 g/mol. The quantitative estimate of drug-likeness (QED) is 0.637. The highest BCUT2D eigenvalue weighted by Gasteiger charge is 2.44. The number of urea groups is 1. The summed E-state index contributed by atoms with van der Waals surface area (Å²) in [7, 11) is 0. The van der Waals surface area contributed by atoms with Crippen LogP contribution in [0.4, 0.5) is 4.79 Å². The van der Waals surface area contributed by atoms with Crippen molar-refractivity contribution in [3.63, 3.8) is 0 Å². The summed E-state index contributed by atoms with van der Waals surface area (Å²) in [5.41, 5.74) is -0.705. The van der Waals surface area contributed by atoms with Crippen LogP contribution in [-0.2, 0) is 4.79 Å².